The minimum Gasteiger partial charge on any atom is -0.323 e. The second kappa shape index (κ2) is 6.04. The largest absolute Gasteiger partial charge is 0.323 e. The predicted molar refractivity (Wildman–Crippen MR) is 76.4 cm³/mol. The van der Waals surface area contributed by atoms with Crippen LogP contribution in [-0.4, -0.2) is 10.9 Å². The highest BCUT2D eigenvalue weighted by Crippen LogP contribution is 2.32. The number of nitrogen functional groups attached to an aromatic ring is 1. The van der Waals surface area contributed by atoms with Gasteiger partial charge in [0, 0.05) is 12.4 Å². The van der Waals surface area contributed by atoms with Crippen LogP contribution in [-0.2, 0) is 0 Å². The van der Waals surface area contributed by atoms with E-state index in [4.69, 9.17) is 29.0 Å². The molecule has 1 amide bonds. The number of nitrogens with zero attached hydrogens (tertiary/aromatic N) is 1. The van der Waals surface area contributed by atoms with Crippen LogP contribution in [0.3, 0.4) is 0 Å². The molecule has 0 unspecified atom stereocenters. The number of aromatic nitrogens is 1. The summed E-state index contributed by atoms with van der Waals surface area (Å²) in [6, 6.07) is 3.63. The Balaban J connectivity index is 2.33. The average Bonchev–Trinajstić information content (AvgIpc) is 2.42. The minimum absolute atomic E-state index is 0.00509. The van der Waals surface area contributed by atoms with Crippen molar-refractivity contribution < 1.29 is 9.18 Å². The van der Waals surface area contributed by atoms with E-state index in [1.54, 1.807) is 0 Å². The number of nitrogens with one attached hydrogen (secondary N) is 2. The summed E-state index contributed by atoms with van der Waals surface area (Å²) < 4.78 is 13.1. The third-order valence-corrected chi connectivity index (χ3v) is 3.06. The number of anilines is 2. The van der Waals surface area contributed by atoms with Gasteiger partial charge in [-0.2, -0.15) is 0 Å². The molecule has 0 spiro atoms. The van der Waals surface area contributed by atoms with Gasteiger partial charge in [0.2, 0.25) is 0 Å². The Morgan fingerprint density at radius 1 is 1.30 bits per heavy atom. The van der Waals surface area contributed by atoms with Crippen LogP contribution in [0.25, 0.3) is 0 Å². The first-order chi connectivity index (χ1) is 9.52. The van der Waals surface area contributed by atoms with E-state index in [1.807, 2.05) is 0 Å². The molecular formula is C12H9Cl2FN4O. The molecule has 4 N–H and O–H groups in total. The Labute approximate surface area is 123 Å². The molecule has 0 aliphatic heterocycles. The molecule has 0 bridgehead atoms. The number of carbonyl (C=O) groups is 1. The van der Waals surface area contributed by atoms with Crippen molar-refractivity contribution in [1.82, 2.24) is 4.98 Å². The van der Waals surface area contributed by atoms with E-state index in [0.29, 0.717) is 5.69 Å². The molecule has 0 atom stereocenters. The van der Waals surface area contributed by atoms with Gasteiger partial charge in [0.15, 0.2) is 0 Å². The van der Waals surface area contributed by atoms with Crippen LogP contribution < -0.4 is 16.6 Å². The number of hydrazine groups is 1. The Bertz CT molecular complexity index is 643. The van der Waals surface area contributed by atoms with E-state index in [2.05, 4.69) is 15.7 Å². The van der Waals surface area contributed by atoms with Crippen LogP contribution in [0.5, 0.6) is 0 Å². The van der Waals surface area contributed by atoms with Gasteiger partial charge < -0.3 is 10.7 Å². The monoisotopic (exact) mass is 314 g/mol. The molecule has 104 valence electrons. The topological polar surface area (TPSA) is 80.0 Å². The normalized spacial score (nSPS) is 10.2. The molecule has 2 rings (SSSR count). The molecule has 20 heavy (non-hydrogen) atoms. The van der Waals surface area contributed by atoms with Crippen molar-refractivity contribution in [1.29, 1.82) is 0 Å². The van der Waals surface area contributed by atoms with Gasteiger partial charge in [-0.1, -0.05) is 23.2 Å². The van der Waals surface area contributed by atoms with E-state index >= 15 is 0 Å². The summed E-state index contributed by atoms with van der Waals surface area (Å²) in [6.45, 7) is 0. The summed E-state index contributed by atoms with van der Waals surface area (Å²) >= 11 is 11.7. The van der Waals surface area contributed by atoms with Crippen molar-refractivity contribution in [2.24, 2.45) is 5.84 Å². The lowest BCUT2D eigenvalue weighted by atomic mass is 10.2. The fourth-order valence-corrected chi connectivity index (χ4v) is 2.10. The zero-order chi connectivity index (χ0) is 14.7. The molecule has 0 saturated heterocycles. The number of hydrogen-bond donors (Lipinski definition) is 3. The molecule has 1 heterocycles. The number of carbonyl (C=O) groups excluding carboxylic acids is 1. The van der Waals surface area contributed by atoms with E-state index in [1.165, 1.54) is 18.5 Å². The number of rotatable bonds is 3. The average molecular weight is 315 g/mol. The quantitative estimate of drug-likeness (QED) is 0.601. The highest BCUT2D eigenvalue weighted by molar-refractivity contribution is 6.40. The number of hydrogen-bond acceptors (Lipinski definition) is 4. The molecule has 0 aliphatic carbocycles. The molecule has 2 aromatic rings. The van der Waals surface area contributed by atoms with Gasteiger partial charge in [0.05, 0.1) is 27.0 Å². The Hall–Kier alpha value is -1.89. The van der Waals surface area contributed by atoms with Crippen molar-refractivity contribution in [3.05, 3.63) is 52.0 Å². The Morgan fingerprint density at radius 3 is 2.55 bits per heavy atom. The lowest BCUT2D eigenvalue weighted by molar-refractivity contribution is 0.102. The van der Waals surface area contributed by atoms with Gasteiger partial charge in [-0.15, -0.1) is 0 Å². The fourth-order valence-electron chi connectivity index (χ4n) is 1.54. The van der Waals surface area contributed by atoms with Gasteiger partial charge in [-0.3, -0.25) is 15.6 Å². The number of pyridine rings is 1. The van der Waals surface area contributed by atoms with E-state index in [9.17, 15) is 9.18 Å². The van der Waals surface area contributed by atoms with Gasteiger partial charge >= 0.3 is 0 Å². The summed E-state index contributed by atoms with van der Waals surface area (Å²) in [6.07, 6.45) is 2.81. The van der Waals surface area contributed by atoms with E-state index < -0.39 is 11.7 Å². The SMILES string of the molecule is NNc1ccncc1C(=O)Nc1c(Cl)cc(F)cc1Cl. The highest BCUT2D eigenvalue weighted by atomic mass is 35.5. The number of benzene rings is 1. The van der Waals surface area contributed by atoms with Gasteiger partial charge in [0.1, 0.15) is 5.82 Å². The van der Waals surface area contributed by atoms with E-state index in [-0.39, 0.29) is 21.3 Å². The summed E-state index contributed by atoms with van der Waals surface area (Å²) in [4.78, 5) is 16.0. The first-order valence-corrected chi connectivity index (χ1v) is 6.15. The summed E-state index contributed by atoms with van der Waals surface area (Å²) in [5.41, 5.74) is 3.07. The summed E-state index contributed by atoms with van der Waals surface area (Å²) in [5.74, 6) is 4.18. The second-order valence-corrected chi connectivity index (χ2v) is 4.58. The molecule has 5 nitrogen and oxygen atoms in total. The Kier molecular flexibility index (Phi) is 4.39. The van der Waals surface area contributed by atoms with Gasteiger partial charge in [-0.25, -0.2) is 4.39 Å². The molecule has 1 aromatic carbocycles. The maximum atomic E-state index is 13.1. The van der Waals surface area contributed by atoms with Gasteiger partial charge in [-0.05, 0) is 18.2 Å². The van der Waals surface area contributed by atoms with Crippen LogP contribution >= 0.6 is 23.2 Å². The second-order valence-electron chi connectivity index (χ2n) is 3.76. The predicted octanol–water partition coefficient (Wildman–Crippen LogP) is 3.07. The lowest BCUT2D eigenvalue weighted by Gasteiger charge is -2.11. The van der Waals surface area contributed by atoms with Crippen molar-refractivity contribution in [3.8, 4) is 0 Å². The maximum absolute atomic E-state index is 13.1. The fraction of sp³-hybridized carbons (Fsp3) is 0. The minimum atomic E-state index is -0.594. The molecule has 0 aliphatic rings. The van der Waals surface area contributed by atoms with Crippen LogP contribution in [0.4, 0.5) is 15.8 Å². The zero-order valence-corrected chi connectivity index (χ0v) is 11.5. The smallest absolute Gasteiger partial charge is 0.259 e. The zero-order valence-electron chi connectivity index (χ0n) is 9.95. The maximum Gasteiger partial charge on any atom is 0.259 e. The number of nitrogens with two attached hydrogens (primary N) is 1. The third-order valence-electron chi connectivity index (χ3n) is 2.47. The Morgan fingerprint density at radius 2 is 1.95 bits per heavy atom. The first kappa shape index (κ1) is 14.5. The molecule has 1 aromatic heterocycles. The standard InChI is InChI=1S/C12H9Cl2FN4O/c13-8-3-6(15)4-9(14)11(8)18-12(20)7-5-17-2-1-10(7)19-16/h1-5H,16H2,(H,17,19)(H,18,20). The van der Waals surface area contributed by atoms with E-state index in [0.717, 1.165) is 12.1 Å². The molecular weight excluding hydrogens is 306 g/mol. The van der Waals surface area contributed by atoms with Crippen LogP contribution in [0.1, 0.15) is 10.4 Å². The first-order valence-electron chi connectivity index (χ1n) is 5.39. The van der Waals surface area contributed by atoms with Crippen LogP contribution in [0.15, 0.2) is 30.6 Å². The highest BCUT2D eigenvalue weighted by Gasteiger charge is 2.15. The molecule has 0 radical (unpaired) electrons. The van der Waals surface area contributed by atoms with Gasteiger partial charge in [0.25, 0.3) is 5.91 Å². The van der Waals surface area contributed by atoms with Crippen molar-refractivity contribution in [2.45, 2.75) is 0 Å². The lowest BCUT2D eigenvalue weighted by Crippen LogP contribution is -2.18. The van der Waals surface area contributed by atoms with Crippen LogP contribution in [0, 0.1) is 5.82 Å². The van der Waals surface area contributed by atoms with Crippen LogP contribution in [0.2, 0.25) is 10.0 Å². The van der Waals surface area contributed by atoms with Crippen molar-refractivity contribution in [2.75, 3.05) is 10.7 Å². The number of halogens is 3. The molecule has 0 fully saturated rings. The van der Waals surface area contributed by atoms with Crippen molar-refractivity contribution in [3.63, 3.8) is 0 Å². The molecule has 8 heteroatoms. The molecule has 0 saturated carbocycles. The van der Waals surface area contributed by atoms with Crippen molar-refractivity contribution >= 4 is 40.5 Å². The third kappa shape index (κ3) is 2.98. The summed E-state index contributed by atoms with van der Waals surface area (Å²) in [7, 11) is 0. The summed E-state index contributed by atoms with van der Waals surface area (Å²) in [5, 5.41) is 2.48. The number of amides is 1.